The van der Waals surface area contributed by atoms with E-state index < -0.39 is 6.04 Å². The van der Waals surface area contributed by atoms with Crippen LogP contribution in [0.2, 0.25) is 5.02 Å². The molecule has 1 aliphatic rings. The van der Waals surface area contributed by atoms with Gasteiger partial charge in [0, 0.05) is 19.1 Å². The van der Waals surface area contributed by atoms with E-state index in [4.69, 9.17) is 11.6 Å². The Bertz CT molecular complexity index is 621. The lowest BCUT2D eigenvalue weighted by molar-refractivity contribution is -0.124. The summed E-state index contributed by atoms with van der Waals surface area (Å²) in [6.45, 7) is 5.33. The molecule has 0 spiro atoms. The highest BCUT2D eigenvalue weighted by molar-refractivity contribution is 7.98. The number of rotatable bonds is 9. The summed E-state index contributed by atoms with van der Waals surface area (Å²) in [4.78, 5) is 27.8. The van der Waals surface area contributed by atoms with E-state index in [1.54, 1.807) is 36.0 Å². The fraction of sp³-hybridized carbons (Fsp3) is 0.600. The van der Waals surface area contributed by atoms with Crippen LogP contribution in [0.3, 0.4) is 0 Å². The summed E-state index contributed by atoms with van der Waals surface area (Å²) in [6, 6.07) is 6.53. The molecule has 1 aliphatic heterocycles. The monoisotopic (exact) mass is 411 g/mol. The Morgan fingerprint density at radius 3 is 2.63 bits per heavy atom. The summed E-state index contributed by atoms with van der Waals surface area (Å²) >= 11 is 7.77. The maximum atomic E-state index is 12.8. The van der Waals surface area contributed by atoms with Gasteiger partial charge in [0.2, 0.25) is 5.91 Å². The predicted octanol–water partition coefficient (Wildman–Crippen LogP) is 3.18. The molecule has 1 unspecified atom stereocenters. The Kier molecular flexibility index (Phi) is 9.45. The molecule has 2 N–H and O–H groups in total. The number of carbonyl (C=O) groups is 2. The Morgan fingerprint density at radius 1 is 1.30 bits per heavy atom. The van der Waals surface area contributed by atoms with Gasteiger partial charge >= 0.3 is 0 Å². The van der Waals surface area contributed by atoms with E-state index in [-0.39, 0.29) is 17.9 Å². The van der Waals surface area contributed by atoms with E-state index >= 15 is 0 Å². The number of hydrogen-bond acceptors (Lipinski definition) is 4. The van der Waals surface area contributed by atoms with Crippen LogP contribution in [0.15, 0.2) is 24.3 Å². The van der Waals surface area contributed by atoms with Gasteiger partial charge in [-0.1, -0.05) is 30.7 Å². The van der Waals surface area contributed by atoms with Gasteiger partial charge in [0.15, 0.2) is 0 Å². The maximum absolute atomic E-state index is 12.8. The van der Waals surface area contributed by atoms with Gasteiger partial charge in [-0.25, -0.2) is 0 Å². The molecule has 0 saturated carbocycles. The van der Waals surface area contributed by atoms with Crippen LogP contribution in [-0.2, 0) is 4.79 Å². The van der Waals surface area contributed by atoms with Crippen LogP contribution < -0.4 is 10.6 Å². The molecule has 1 saturated heterocycles. The molecular formula is C20H30ClN3O2S. The minimum Gasteiger partial charge on any atom is -0.351 e. The lowest BCUT2D eigenvalue weighted by Crippen LogP contribution is -2.52. The van der Waals surface area contributed by atoms with E-state index in [1.807, 2.05) is 6.26 Å². The normalized spacial score (nSPS) is 16.7. The van der Waals surface area contributed by atoms with Gasteiger partial charge in [-0.2, -0.15) is 11.8 Å². The zero-order valence-electron chi connectivity index (χ0n) is 16.2. The summed E-state index contributed by atoms with van der Waals surface area (Å²) in [5, 5.41) is 6.40. The molecule has 1 aromatic carbocycles. The molecule has 1 aromatic rings. The zero-order valence-corrected chi connectivity index (χ0v) is 17.7. The second-order valence-electron chi connectivity index (χ2n) is 6.91. The fourth-order valence-corrected chi connectivity index (χ4v) is 4.00. The summed E-state index contributed by atoms with van der Waals surface area (Å²) in [7, 11) is 0. The zero-order chi connectivity index (χ0) is 19.6. The number of thioether (sulfide) groups is 1. The average Bonchev–Trinajstić information content (AvgIpc) is 2.67. The molecule has 0 aliphatic carbocycles. The van der Waals surface area contributed by atoms with Crippen molar-refractivity contribution >= 4 is 35.2 Å². The fourth-order valence-electron chi connectivity index (χ4n) is 3.30. The SMILES string of the molecule is CCCN1CCC(NC(=O)C(CCSC)NC(=O)c2ccccc2Cl)CC1. The summed E-state index contributed by atoms with van der Waals surface area (Å²) in [5.41, 5.74) is 0.397. The van der Waals surface area contributed by atoms with Crippen LogP contribution in [0.1, 0.15) is 43.0 Å². The largest absolute Gasteiger partial charge is 0.351 e. The summed E-state index contributed by atoms with van der Waals surface area (Å²) < 4.78 is 0. The standard InChI is InChI=1S/C20H30ClN3O2S/c1-3-11-24-12-8-15(9-13-24)22-20(26)18(10-14-27-2)23-19(25)16-6-4-5-7-17(16)21/h4-7,15,18H,3,8-14H2,1-2H3,(H,22,26)(H,23,25). The molecule has 1 atom stereocenters. The maximum Gasteiger partial charge on any atom is 0.253 e. The van der Waals surface area contributed by atoms with Crippen molar-refractivity contribution in [3.05, 3.63) is 34.9 Å². The van der Waals surface area contributed by atoms with E-state index in [2.05, 4.69) is 22.5 Å². The Labute approximate surface area is 171 Å². The lowest BCUT2D eigenvalue weighted by atomic mass is 10.0. The first-order valence-corrected chi connectivity index (χ1v) is 11.4. The van der Waals surface area contributed by atoms with Gasteiger partial charge in [0.1, 0.15) is 6.04 Å². The molecule has 0 aromatic heterocycles. The van der Waals surface area contributed by atoms with Gasteiger partial charge in [-0.05, 0) is 56.4 Å². The molecule has 2 rings (SSSR count). The summed E-state index contributed by atoms with van der Waals surface area (Å²) in [5.74, 6) is 0.397. The molecule has 150 valence electrons. The Hall–Kier alpha value is -1.24. The Balaban J connectivity index is 1.93. The first-order chi connectivity index (χ1) is 13.0. The van der Waals surface area contributed by atoms with Crippen LogP contribution in [0.5, 0.6) is 0 Å². The van der Waals surface area contributed by atoms with Crippen LogP contribution in [0.4, 0.5) is 0 Å². The highest BCUT2D eigenvalue weighted by atomic mass is 35.5. The molecule has 1 fully saturated rings. The third kappa shape index (κ3) is 7.01. The highest BCUT2D eigenvalue weighted by Crippen LogP contribution is 2.16. The predicted molar refractivity (Wildman–Crippen MR) is 114 cm³/mol. The molecular weight excluding hydrogens is 382 g/mol. The molecule has 0 radical (unpaired) electrons. The summed E-state index contributed by atoms with van der Waals surface area (Å²) in [6.07, 6.45) is 5.66. The van der Waals surface area contributed by atoms with Gasteiger partial charge in [0.05, 0.1) is 10.6 Å². The van der Waals surface area contributed by atoms with Gasteiger partial charge < -0.3 is 15.5 Å². The van der Waals surface area contributed by atoms with Crippen LogP contribution in [0, 0.1) is 0 Å². The third-order valence-electron chi connectivity index (χ3n) is 4.82. The van der Waals surface area contributed by atoms with E-state index in [9.17, 15) is 9.59 Å². The van der Waals surface area contributed by atoms with Crippen molar-refractivity contribution in [1.82, 2.24) is 15.5 Å². The minimum atomic E-state index is -0.546. The van der Waals surface area contributed by atoms with Crippen LogP contribution in [-0.4, -0.2) is 60.4 Å². The Morgan fingerprint density at radius 2 is 2.00 bits per heavy atom. The van der Waals surface area contributed by atoms with Crippen molar-refractivity contribution in [2.75, 3.05) is 31.6 Å². The van der Waals surface area contributed by atoms with Crippen molar-refractivity contribution in [2.24, 2.45) is 0 Å². The molecule has 0 bridgehead atoms. The first kappa shape index (κ1) is 22.1. The number of nitrogens with one attached hydrogen (secondary N) is 2. The topological polar surface area (TPSA) is 61.4 Å². The van der Waals surface area contributed by atoms with E-state index in [0.29, 0.717) is 17.0 Å². The number of carbonyl (C=O) groups excluding carboxylic acids is 2. The van der Waals surface area contributed by atoms with Crippen molar-refractivity contribution in [1.29, 1.82) is 0 Å². The van der Waals surface area contributed by atoms with Gasteiger partial charge in [-0.3, -0.25) is 9.59 Å². The number of hydrogen-bond donors (Lipinski definition) is 2. The number of nitrogens with zero attached hydrogens (tertiary/aromatic N) is 1. The number of amides is 2. The first-order valence-electron chi connectivity index (χ1n) is 9.62. The number of piperidine rings is 1. The van der Waals surface area contributed by atoms with Gasteiger partial charge in [-0.15, -0.1) is 0 Å². The molecule has 5 nitrogen and oxygen atoms in total. The van der Waals surface area contributed by atoms with Crippen molar-refractivity contribution in [3.8, 4) is 0 Å². The second kappa shape index (κ2) is 11.6. The van der Waals surface area contributed by atoms with E-state index in [0.717, 1.165) is 44.6 Å². The number of benzene rings is 1. The van der Waals surface area contributed by atoms with Crippen LogP contribution in [0.25, 0.3) is 0 Å². The second-order valence-corrected chi connectivity index (χ2v) is 8.30. The minimum absolute atomic E-state index is 0.0987. The average molecular weight is 412 g/mol. The van der Waals surface area contributed by atoms with Gasteiger partial charge in [0.25, 0.3) is 5.91 Å². The molecule has 7 heteroatoms. The van der Waals surface area contributed by atoms with Crippen molar-refractivity contribution in [2.45, 2.75) is 44.7 Å². The number of likely N-dealkylation sites (tertiary alicyclic amines) is 1. The quantitative estimate of drug-likeness (QED) is 0.655. The molecule has 1 heterocycles. The molecule has 2 amide bonds. The van der Waals surface area contributed by atoms with E-state index in [1.165, 1.54) is 0 Å². The third-order valence-corrected chi connectivity index (χ3v) is 5.80. The highest BCUT2D eigenvalue weighted by Gasteiger charge is 2.26. The van der Waals surface area contributed by atoms with Crippen LogP contribution >= 0.6 is 23.4 Å². The van der Waals surface area contributed by atoms with Crippen molar-refractivity contribution < 1.29 is 9.59 Å². The smallest absolute Gasteiger partial charge is 0.253 e. The number of halogens is 1. The van der Waals surface area contributed by atoms with Crippen molar-refractivity contribution in [3.63, 3.8) is 0 Å². The lowest BCUT2D eigenvalue weighted by Gasteiger charge is -2.33. The molecule has 27 heavy (non-hydrogen) atoms.